The van der Waals surface area contributed by atoms with E-state index in [4.69, 9.17) is 16.3 Å². The van der Waals surface area contributed by atoms with Crippen molar-refractivity contribution in [2.75, 3.05) is 16.6 Å². The lowest BCUT2D eigenvalue weighted by Gasteiger charge is -2.09. The molecule has 0 aliphatic rings. The first-order valence-electron chi connectivity index (χ1n) is 8.32. The number of amides is 1. The highest BCUT2D eigenvalue weighted by Crippen LogP contribution is 2.17. The fourth-order valence-corrected chi connectivity index (χ4v) is 3.28. The third-order valence-corrected chi connectivity index (χ3v) is 5.12. The topological polar surface area (TPSA) is 140 Å². The molecule has 154 valence electrons. The molecule has 12 heteroatoms. The number of benzene rings is 1. The van der Waals surface area contributed by atoms with Gasteiger partial charge in [0.2, 0.25) is 0 Å². The van der Waals surface area contributed by atoms with Crippen molar-refractivity contribution < 1.29 is 22.7 Å². The van der Waals surface area contributed by atoms with Crippen LogP contribution in [0.5, 0.6) is 0 Å². The van der Waals surface area contributed by atoms with Gasteiger partial charge in [0.1, 0.15) is 0 Å². The van der Waals surface area contributed by atoms with Gasteiger partial charge >= 0.3 is 5.97 Å². The second-order valence-corrected chi connectivity index (χ2v) is 7.81. The number of rotatable bonds is 7. The van der Waals surface area contributed by atoms with Crippen LogP contribution in [0, 0.1) is 0 Å². The van der Waals surface area contributed by atoms with E-state index in [9.17, 15) is 18.0 Å². The Morgan fingerprint density at radius 1 is 1.03 bits per heavy atom. The summed E-state index contributed by atoms with van der Waals surface area (Å²) >= 11 is 5.61. The molecule has 0 radical (unpaired) electrons. The first-order valence-corrected chi connectivity index (χ1v) is 10.2. The molecule has 0 aliphatic heterocycles. The van der Waals surface area contributed by atoms with E-state index >= 15 is 0 Å². The summed E-state index contributed by atoms with van der Waals surface area (Å²) in [6.45, 7) is -0.509. The summed E-state index contributed by atoms with van der Waals surface area (Å²) in [6, 6.07) is 11.2. The highest BCUT2D eigenvalue weighted by Gasteiger charge is 2.16. The van der Waals surface area contributed by atoms with Crippen molar-refractivity contribution in [3.63, 3.8) is 0 Å². The maximum absolute atomic E-state index is 12.4. The van der Waals surface area contributed by atoms with Crippen LogP contribution in [0.2, 0.25) is 5.15 Å². The minimum absolute atomic E-state index is 0.00668. The van der Waals surface area contributed by atoms with Crippen molar-refractivity contribution in [1.29, 1.82) is 0 Å². The molecule has 0 fully saturated rings. The van der Waals surface area contributed by atoms with Crippen LogP contribution in [-0.4, -0.2) is 42.1 Å². The van der Waals surface area contributed by atoms with Crippen LogP contribution in [0.1, 0.15) is 10.4 Å². The second-order valence-electron chi connectivity index (χ2n) is 5.74. The van der Waals surface area contributed by atoms with Crippen LogP contribution in [0.3, 0.4) is 0 Å². The summed E-state index contributed by atoms with van der Waals surface area (Å²) in [6.07, 6.45) is 2.83. The number of halogens is 1. The van der Waals surface area contributed by atoms with Crippen molar-refractivity contribution in [3.05, 3.63) is 71.6 Å². The van der Waals surface area contributed by atoms with Gasteiger partial charge in [-0.25, -0.2) is 13.2 Å². The lowest BCUT2D eigenvalue weighted by Crippen LogP contribution is -2.21. The molecule has 30 heavy (non-hydrogen) atoms. The Kier molecular flexibility index (Phi) is 6.54. The number of carbonyl (C=O) groups is 2. The third kappa shape index (κ3) is 5.72. The first-order chi connectivity index (χ1) is 14.3. The zero-order valence-corrected chi connectivity index (χ0v) is 16.7. The highest BCUT2D eigenvalue weighted by molar-refractivity contribution is 7.92. The molecule has 2 aromatic heterocycles. The number of sulfonamides is 1. The highest BCUT2D eigenvalue weighted by atomic mass is 35.5. The number of anilines is 2. The number of esters is 1. The van der Waals surface area contributed by atoms with E-state index in [2.05, 4.69) is 25.2 Å². The van der Waals surface area contributed by atoms with Gasteiger partial charge in [-0.1, -0.05) is 11.6 Å². The zero-order chi connectivity index (χ0) is 21.6. The fourth-order valence-electron chi connectivity index (χ4n) is 2.18. The summed E-state index contributed by atoms with van der Waals surface area (Å²) in [4.78, 5) is 27.5. The smallest absolute Gasteiger partial charge is 0.340 e. The molecule has 0 spiro atoms. The van der Waals surface area contributed by atoms with Gasteiger partial charge in [-0.05, 0) is 48.5 Å². The Morgan fingerprint density at radius 2 is 1.80 bits per heavy atom. The number of hydrogen-bond acceptors (Lipinski definition) is 8. The minimum Gasteiger partial charge on any atom is -0.452 e. The van der Waals surface area contributed by atoms with Crippen LogP contribution in [0.4, 0.5) is 11.5 Å². The second kappa shape index (κ2) is 9.29. The summed E-state index contributed by atoms with van der Waals surface area (Å²) in [5.41, 5.74) is 0.542. The Balaban J connectivity index is 1.56. The normalized spacial score (nSPS) is 10.8. The van der Waals surface area contributed by atoms with Crippen LogP contribution in [-0.2, 0) is 19.6 Å². The molecule has 1 aromatic carbocycles. The third-order valence-electron chi connectivity index (χ3n) is 3.55. The number of hydrogen-bond donors (Lipinski definition) is 2. The van der Waals surface area contributed by atoms with Gasteiger partial charge in [0, 0.05) is 18.1 Å². The first kappa shape index (κ1) is 21.1. The lowest BCUT2D eigenvalue weighted by molar-refractivity contribution is -0.119. The average Bonchev–Trinajstić information content (AvgIpc) is 2.74. The SMILES string of the molecule is O=C(COC(=O)c1cccnc1)Nc1ccc(S(=O)(=O)Nc2ccc(Cl)nn2)cc1. The predicted molar refractivity (Wildman–Crippen MR) is 107 cm³/mol. The Morgan fingerprint density at radius 3 is 2.43 bits per heavy atom. The van der Waals surface area contributed by atoms with E-state index in [1.807, 2.05) is 0 Å². The fraction of sp³-hybridized carbons (Fsp3) is 0.0556. The summed E-state index contributed by atoms with van der Waals surface area (Å²) in [5.74, 6) is -1.26. The van der Waals surface area contributed by atoms with E-state index in [1.54, 1.807) is 6.07 Å². The molecule has 0 aliphatic carbocycles. The van der Waals surface area contributed by atoms with E-state index in [-0.39, 0.29) is 21.4 Å². The number of ether oxygens (including phenoxy) is 1. The molecule has 0 saturated carbocycles. The zero-order valence-electron chi connectivity index (χ0n) is 15.1. The monoisotopic (exact) mass is 447 g/mol. The van der Waals surface area contributed by atoms with Crippen molar-refractivity contribution in [3.8, 4) is 0 Å². The minimum atomic E-state index is -3.91. The molecule has 2 heterocycles. The molecule has 3 aromatic rings. The Hall–Kier alpha value is -3.57. The van der Waals surface area contributed by atoms with Crippen molar-refractivity contribution in [1.82, 2.24) is 15.2 Å². The Bertz CT molecular complexity index is 1140. The number of aromatic nitrogens is 3. The quantitative estimate of drug-likeness (QED) is 0.525. The van der Waals surface area contributed by atoms with Crippen LogP contribution in [0.25, 0.3) is 0 Å². The predicted octanol–water partition coefficient (Wildman–Crippen LogP) is 2.12. The van der Waals surface area contributed by atoms with Gasteiger partial charge in [0.15, 0.2) is 17.6 Å². The largest absolute Gasteiger partial charge is 0.452 e. The molecule has 1 amide bonds. The summed E-state index contributed by atoms with van der Waals surface area (Å²) in [5, 5.41) is 9.81. The van der Waals surface area contributed by atoms with Crippen LogP contribution >= 0.6 is 11.6 Å². The van der Waals surface area contributed by atoms with Gasteiger partial charge in [0.25, 0.3) is 15.9 Å². The standard InChI is InChI=1S/C18H14ClN5O5S/c19-15-7-8-16(23-22-15)24-30(27,28)14-5-3-13(4-6-14)21-17(25)11-29-18(26)12-2-1-9-20-10-12/h1-10H,11H2,(H,21,25)(H,23,24). The van der Waals surface area contributed by atoms with Crippen molar-refractivity contribution in [2.24, 2.45) is 0 Å². The van der Waals surface area contributed by atoms with Gasteiger partial charge in [-0.2, -0.15) is 0 Å². The number of carbonyl (C=O) groups excluding carboxylic acids is 2. The molecule has 0 saturated heterocycles. The van der Waals surface area contributed by atoms with E-state index in [0.717, 1.165) is 0 Å². The maximum atomic E-state index is 12.4. The number of pyridine rings is 1. The van der Waals surface area contributed by atoms with Crippen LogP contribution in [0.15, 0.2) is 65.8 Å². The van der Waals surface area contributed by atoms with E-state index in [0.29, 0.717) is 5.69 Å². The van der Waals surface area contributed by atoms with E-state index < -0.39 is 28.5 Å². The maximum Gasteiger partial charge on any atom is 0.340 e. The molecule has 0 unspecified atom stereocenters. The molecular weight excluding hydrogens is 434 g/mol. The lowest BCUT2D eigenvalue weighted by atomic mass is 10.3. The molecular formula is C18H14ClN5O5S. The van der Waals surface area contributed by atoms with Gasteiger partial charge in [-0.15, -0.1) is 10.2 Å². The van der Waals surface area contributed by atoms with Gasteiger partial charge in [0.05, 0.1) is 10.5 Å². The van der Waals surface area contributed by atoms with Gasteiger partial charge < -0.3 is 10.1 Å². The van der Waals surface area contributed by atoms with Crippen LogP contribution < -0.4 is 10.0 Å². The van der Waals surface area contributed by atoms with Gasteiger partial charge in [-0.3, -0.25) is 14.5 Å². The number of nitrogens with zero attached hydrogens (tertiary/aromatic N) is 3. The van der Waals surface area contributed by atoms with Crippen molar-refractivity contribution in [2.45, 2.75) is 4.90 Å². The Labute approximate surface area is 176 Å². The van der Waals surface area contributed by atoms with E-state index in [1.165, 1.54) is 54.9 Å². The molecule has 3 rings (SSSR count). The van der Waals surface area contributed by atoms with Crippen molar-refractivity contribution >= 4 is 45.0 Å². The summed E-state index contributed by atoms with van der Waals surface area (Å²) < 4.78 is 31.9. The average molecular weight is 448 g/mol. The summed E-state index contributed by atoms with van der Waals surface area (Å²) in [7, 11) is -3.91. The molecule has 0 atom stereocenters. The number of nitrogens with one attached hydrogen (secondary N) is 2. The molecule has 10 nitrogen and oxygen atoms in total. The molecule has 0 bridgehead atoms. The molecule has 2 N–H and O–H groups in total.